The number of aromatic amines is 1. The van der Waals surface area contributed by atoms with E-state index in [1.165, 1.54) is 4.88 Å². The minimum Gasteiger partial charge on any atom is -0.340 e. The minimum absolute atomic E-state index is 1.00. The Hall–Kier alpha value is -0.780. The maximum absolute atomic E-state index is 4.16. The van der Waals surface area contributed by atoms with Crippen molar-refractivity contribution in [2.24, 2.45) is 0 Å². The zero-order valence-electron chi connectivity index (χ0n) is 8.98. The highest BCUT2D eigenvalue weighted by molar-refractivity contribution is 7.99. The van der Waals surface area contributed by atoms with Crippen LogP contribution in [0.4, 0.5) is 0 Å². The van der Waals surface area contributed by atoms with E-state index in [-0.39, 0.29) is 0 Å². The van der Waals surface area contributed by atoms with Crippen molar-refractivity contribution in [3.63, 3.8) is 0 Å². The van der Waals surface area contributed by atoms with Crippen molar-refractivity contribution in [1.82, 2.24) is 15.3 Å². The Morgan fingerprint density at radius 1 is 1.44 bits per heavy atom. The maximum atomic E-state index is 4.16. The molecule has 0 atom stereocenters. The first-order valence-corrected chi connectivity index (χ1v) is 7.17. The Bertz CT molecular complexity index is 332. The molecule has 16 heavy (non-hydrogen) atoms. The lowest BCUT2D eigenvalue weighted by Crippen LogP contribution is -2.19. The van der Waals surface area contributed by atoms with Crippen LogP contribution in [0, 0.1) is 0 Å². The van der Waals surface area contributed by atoms with E-state index < -0.39 is 0 Å². The lowest BCUT2D eigenvalue weighted by molar-refractivity contribution is 0.725. The summed E-state index contributed by atoms with van der Waals surface area (Å²) in [6.07, 6.45) is 4.77. The fourth-order valence-corrected chi connectivity index (χ4v) is 2.78. The molecule has 5 heteroatoms. The van der Waals surface area contributed by atoms with Crippen molar-refractivity contribution < 1.29 is 0 Å². The fourth-order valence-electron chi connectivity index (χ4n) is 1.34. The summed E-state index contributed by atoms with van der Waals surface area (Å²) in [6.45, 7) is 2.08. The average molecular weight is 253 g/mol. The highest BCUT2D eigenvalue weighted by Gasteiger charge is 1.96. The molecule has 2 heterocycles. The van der Waals surface area contributed by atoms with E-state index in [2.05, 4.69) is 32.8 Å². The molecular formula is C11H15N3S2. The molecule has 0 aliphatic carbocycles. The highest BCUT2D eigenvalue weighted by atomic mass is 32.2. The first-order chi connectivity index (χ1) is 7.95. The maximum Gasteiger partial charge on any atom is 0.165 e. The molecule has 0 spiro atoms. The largest absolute Gasteiger partial charge is 0.340 e. The van der Waals surface area contributed by atoms with Gasteiger partial charge >= 0.3 is 0 Å². The van der Waals surface area contributed by atoms with Crippen LogP contribution >= 0.6 is 23.1 Å². The zero-order chi connectivity index (χ0) is 11.1. The molecule has 0 saturated heterocycles. The van der Waals surface area contributed by atoms with Gasteiger partial charge in [-0.25, -0.2) is 4.98 Å². The highest BCUT2D eigenvalue weighted by Crippen LogP contribution is 2.10. The standard InChI is InChI=1S/C11H15N3S2/c1-2-10(15-8-1)3-4-12-7-9-16-11-13-5-6-14-11/h1-2,5-6,8,12H,3-4,7,9H2,(H,13,14). The second-order valence-electron chi connectivity index (χ2n) is 3.32. The Morgan fingerprint density at radius 2 is 2.44 bits per heavy atom. The number of hydrogen-bond donors (Lipinski definition) is 2. The van der Waals surface area contributed by atoms with Gasteiger partial charge < -0.3 is 10.3 Å². The van der Waals surface area contributed by atoms with E-state index in [4.69, 9.17) is 0 Å². The van der Waals surface area contributed by atoms with Gasteiger partial charge in [0.15, 0.2) is 5.16 Å². The molecule has 0 aliphatic rings. The predicted molar refractivity (Wildman–Crippen MR) is 70.2 cm³/mol. The quantitative estimate of drug-likeness (QED) is 0.588. The SMILES string of the molecule is c1csc(CCNCCSc2ncc[nH]2)c1. The number of aromatic nitrogens is 2. The van der Waals surface area contributed by atoms with Crippen molar-refractivity contribution in [2.45, 2.75) is 11.6 Å². The number of thioether (sulfide) groups is 1. The monoisotopic (exact) mass is 253 g/mol. The van der Waals surface area contributed by atoms with Gasteiger partial charge in [0.25, 0.3) is 0 Å². The molecule has 0 amide bonds. The van der Waals surface area contributed by atoms with Crippen molar-refractivity contribution in [3.05, 3.63) is 34.8 Å². The van der Waals surface area contributed by atoms with Crippen LogP contribution in [0.1, 0.15) is 4.88 Å². The van der Waals surface area contributed by atoms with Crippen molar-refractivity contribution >= 4 is 23.1 Å². The molecule has 0 aromatic carbocycles. The van der Waals surface area contributed by atoms with Crippen LogP contribution in [0.15, 0.2) is 35.1 Å². The van der Waals surface area contributed by atoms with Gasteiger partial charge in [0.05, 0.1) is 0 Å². The molecule has 0 aliphatic heterocycles. The van der Waals surface area contributed by atoms with Gasteiger partial charge in [0, 0.05) is 29.6 Å². The van der Waals surface area contributed by atoms with E-state index in [1.54, 1.807) is 18.0 Å². The Kier molecular flexibility index (Phi) is 4.92. The summed E-state index contributed by atoms with van der Waals surface area (Å²) in [6, 6.07) is 4.29. The second-order valence-corrected chi connectivity index (χ2v) is 5.44. The van der Waals surface area contributed by atoms with Gasteiger partial charge in [-0.15, -0.1) is 11.3 Å². The number of thiophene rings is 1. The Balaban J connectivity index is 1.49. The minimum atomic E-state index is 1.00. The van der Waals surface area contributed by atoms with E-state index >= 15 is 0 Å². The van der Waals surface area contributed by atoms with Crippen molar-refractivity contribution in [2.75, 3.05) is 18.8 Å². The van der Waals surface area contributed by atoms with Gasteiger partial charge in [-0.3, -0.25) is 0 Å². The molecule has 2 aromatic heterocycles. The molecule has 0 fully saturated rings. The molecule has 0 bridgehead atoms. The van der Waals surface area contributed by atoms with Crippen LogP contribution in [-0.2, 0) is 6.42 Å². The third-order valence-corrected chi connectivity index (χ3v) is 3.96. The van der Waals surface area contributed by atoms with E-state index in [0.717, 1.165) is 30.4 Å². The Labute approximate surface area is 104 Å². The number of rotatable bonds is 7. The lowest BCUT2D eigenvalue weighted by Gasteiger charge is -2.02. The molecule has 3 nitrogen and oxygen atoms in total. The molecule has 2 rings (SSSR count). The van der Waals surface area contributed by atoms with Crippen LogP contribution in [0.5, 0.6) is 0 Å². The number of nitrogens with zero attached hydrogens (tertiary/aromatic N) is 1. The summed E-state index contributed by atoms with van der Waals surface area (Å²) in [5.41, 5.74) is 0. The van der Waals surface area contributed by atoms with Gasteiger partial charge in [-0.2, -0.15) is 0 Å². The van der Waals surface area contributed by atoms with Crippen LogP contribution in [0.3, 0.4) is 0 Å². The summed E-state index contributed by atoms with van der Waals surface area (Å²) in [5, 5.41) is 6.56. The van der Waals surface area contributed by atoms with Crippen LogP contribution in [0.2, 0.25) is 0 Å². The smallest absolute Gasteiger partial charge is 0.165 e. The normalized spacial score (nSPS) is 10.8. The lowest BCUT2D eigenvalue weighted by atomic mass is 10.3. The summed E-state index contributed by atoms with van der Waals surface area (Å²) < 4.78 is 0. The van der Waals surface area contributed by atoms with Crippen molar-refractivity contribution in [3.8, 4) is 0 Å². The van der Waals surface area contributed by atoms with Gasteiger partial charge in [-0.1, -0.05) is 17.8 Å². The van der Waals surface area contributed by atoms with E-state index in [0.29, 0.717) is 0 Å². The van der Waals surface area contributed by atoms with E-state index in [1.807, 2.05) is 17.5 Å². The third-order valence-electron chi connectivity index (χ3n) is 2.12. The number of nitrogens with one attached hydrogen (secondary N) is 2. The summed E-state index contributed by atoms with van der Waals surface area (Å²) in [4.78, 5) is 8.68. The molecule has 86 valence electrons. The third kappa shape index (κ3) is 4.00. The summed E-state index contributed by atoms with van der Waals surface area (Å²) in [5.74, 6) is 1.05. The molecule has 2 aromatic rings. The van der Waals surface area contributed by atoms with Crippen LogP contribution < -0.4 is 5.32 Å². The molecular weight excluding hydrogens is 238 g/mol. The average Bonchev–Trinajstić information content (AvgIpc) is 2.96. The Morgan fingerprint density at radius 3 is 3.19 bits per heavy atom. The first kappa shape index (κ1) is 11.7. The number of imidazole rings is 1. The topological polar surface area (TPSA) is 40.7 Å². The second kappa shape index (κ2) is 6.73. The van der Waals surface area contributed by atoms with Crippen LogP contribution in [0.25, 0.3) is 0 Å². The molecule has 0 unspecified atom stereocenters. The summed E-state index contributed by atoms with van der Waals surface area (Å²) in [7, 11) is 0. The van der Waals surface area contributed by atoms with Gasteiger partial charge in [0.1, 0.15) is 0 Å². The van der Waals surface area contributed by atoms with Gasteiger partial charge in [0.2, 0.25) is 0 Å². The first-order valence-electron chi connectivity index (χ1n) is 5.30. The van der Waals surface area contributed by atoms with Gasteiger partial charge in [-0.05, 0) is 24.4 Å². The van der Waals surface area contributed by atoms with Crippen molar-refractivity contribution in [1.29, 1.82) is 0 Å². The molecule has 0 radical (unpaired) electrons. The predicted octanol–water partition coefficient (Wildman–Crippen LogP) is 2.40. The fraction of sp³-hybridized carbons (Fsp3) is 0.364. The number of H-pyrrole nitrogens is 1. The number of hydrogen-bond acceptors (Lipinski definition) is 4. The van der Waals surface area contributed by atoms with Crippen LogP contribution in [-0.4, -0.2) is 28.8 Å². The zero-order valence-corrected chi connectivity index (χ0v) is 10.6. The van der Waals surface area contributed by atoms with E-state index in [9.17, 15) is 0 Å². The molecule has 0 saturated carbocycles. The summed E-state index contributed by atoms with van der Waals surface area (Å²) >= 11 is 3.57. The molecule has 2 N–H and O–H groups in total.